The van der Waals surface area contributed by atoms with Gasteiger partial charge >= 0.3 is 5.63 Å². The number of hydrogen-bond acceptors (Lipinski definition) is 5. The van der Waals surface area contributed by atoms with Crippen molar-refractivity contribution in [3.05, 3.63) is 104 Å². The van der Waals surface area contributed by atoms with Gasteiger partial charge in [-0.05, 0) is 53.9 Å². The number of aryl methyl sites for hydroxylation is 1. The Balaban J connectivity index is 1.55. The van der Waals surface area contributed by atoms with Crippen molar-refractivity contribution in [2.24, 2.45) is 0 Å². The van der Waals surface area contributed by atoms with Gasteiger partial charge in [-0.25, -0.2) is 4.79 Å². The Morgan fingerprint density at radius 3 is 2.27 bits per heavy atom. The molecule has 3 aromatic carbocycles. The molecule has 7 heteroatoms. The first-order chi connectivity index (χ1) is 14.4. The number of carbonyl (C=O) groups is 1. The van der Waals surface area contributed by atoms with Crippen LogP contribution < -0.4 is 10.9 Å². The van der Waals surface area contributed by atoms with Crippen LogP contribution in [0, 0.1) is 17.0 Å². The summed E-state index contributed by atoms with van der Waals surface area (Å²) in [6, 6.07) is 19.7. The summed E-state index contributed by atoms with van der Waals surface area (Å²) in [5.74, 6) is -0.324. The SMILES string of the molecule is Cc1cc(=O)oc2cc(-c3ccc(C(=O)Nc4ccc([N+](=O)[O-])cc4)cc3)ccc12. The molecule has 7 nitrogen and oxygen atoms in total. The number of amides is 1. The van der Waals surface area contributed by atoms with Crippen molar-refractivity contribution in [3.63, 3.8) is 0 Å². The van der Waals surface area contributed by atoms with Crippen molar-refractivity contribution in [2.75, 3.05) is 5.32 Å². The number of nitrogens with zero attached hydrogens (tertiary/aromatic N) is 1. The molecule has 0 radical (unpaired) electrons. The van der Waals surface area contributed by atoms with Gasteiger partial charge in [-0.1, -0.05) is 24.3 Å². The standard InChI is InChI=1S/C23H16N2O5/c1-14-12-22(26)30-21-13-17(6-11-20(14)21)15-2-4-16(5-3-15)23(27)24-18-7-9-19(10-8-18)25(28)29/h2-13H,1H3,(H,24,27). The highest BCUT2D eigenvalue weighted by Gasteiger charge is 2.10. The lowest BCUT2D eigenvalue weighted by atomic mass is 10.0. The average molecular weight is 400 g/mol. The third-order valence-electron chi connectivity index (χ3n) is 4.77. The second-order valence-corrected chi connectivity index (χ2v) is 6.79. The van der Waals surface area contributed by atoms with E-state index in [0.717, 1.165) is 22.1 Å². The lowest BCUT2D eigenvalue weighted by Crippen LogP contribution is -2.11. The summed E-state index contributed by atoms with van der Waals surface area (Å²) in [6.45, 7) is 1.86. The highest BCUT2D eigenvalue weighted by Crippen LogP contribution is 2.26. The number of rotatable bonds is 4. The first kappa shape index (κ1) is 19.1. The van der Waals surface area contributed by atoms with Gasteiger partial charge in [0.1, 0.15) is 5.58 Å². The molecule has 0 spiro atoms. The Hall–Kier alpha value is -4.26. The Morgan fingerprint density at radius 2 is 1.60 bits per heavy atom. The molecule has 0 saturated heterocycles. The fourth-order valence-electron chi connectivity index (χ4n) is 3.19. The molecule has 1 heterocycles. The lowest BCUT2D eigenvalue weighted by molar-refractivity contribution is -0.384. The first-order valence-corrected chi connectivity index (χ1v) is 9.11. The third-order valence-corrected chi connectivity index (χ3v) is 4.77. The largest absolute Gasteiger partial charge is 0.423 e. The number of non-ortho nitro benzene ring substituents is 1. The maximum atomic E-state index is 12.4. The summed E-state index contributed by atoms with van der Waals surface area (Å²) in [7, 11) is 0. The molecule has 1 aromatic heterocycles. The van der Waals surface area contributed by atoms with Crippen molar-refractivity contribution < 1.29 is 14.1 Å². The molecular formula is C23H16N2O5. The van der Waals surface area contributed by atoms with Gasteiger partial charge in [-0.3, -0.25) is 14.9 Å². The summed E-state index contributed by atoms with van der Waals surface area (Å²) in [5, 5.41) is 14.3. The first-order valence-electron chi connectivity index (χ1n) is 9.11. The Labute approximate surface area is 170 Å². The quantitative estimate of drug-likeness (QED) is 0.297. The van der Waals surface area contributed by atoms with E-state index in [2.05, 4.69) is 5.32 Å². The molecule has 30 heavy (non-hydrogen) atoms. The molecule has 0 fully saturated rings. The van der Waals surface area contributed by atoms with Crippen LogP contribution in [-0.2, 0) is 0 Å². The number of nitrogens with one attached hydrogen (secondary N) is 1. The van der Waals surface area contributed by atoms with Crippen LogP contribution in [-0.4, -0.2) is 10.8 Å². The van der Waals surface area contributed by atoms with Gasteiger partial charge in [-0.15, -0.1) is 0 Å². The number of nitro groups is 1. The van der Waals surface area contributed by atoms with Crippen LogP contribution in [0.5, 0.6) is 0 Å². The third kappa shape index (κ3) is 3.81. The van der Waals surface area contributed by atoms with Crippen LogP contribution in [0.4, 0.5) is 11.4 Å². The zero-order chi connectivity index (χ0) is 21.3. The van der Waals surface area contributed by atoms with Crippen LogP contribution in [0.1, 0.15) is 15.9 Å². The van der Waals surface area contributed by atoms with Gasteiger partial charge in [0.05, 0.1) is 4.92 Å². The second kappa shape index (κ2) is 7.63. The number of anilines is 1. The Bertz CT molecular complexity index is 1320. The molecule has 0 unspecified atom stereocenters. The van der Waals surface area contributed by atoms with Gasteiger partial charge in [-0.2, -0.15) is 0 Å². The molecule has 1 N–H and O–H groups in total. The van der Waals surface area contributed by atoms with Crippen LogP contribution in [0.25, 0.3) is 22.1 Å². The van der Waals surface area contributed by atoms with Gasteiger partial charge in [0.15, 0.2) is 0 Å². The summed E-state index contributed by atoms with van der Waals surface area (Å²) in [5.41, 5.74) is 3.57. The van der Waals surface area contributed by atoms with Crippen molar-refractivity contribution in [1.29, 1.82) is 0 Å². The number of benzene rings is 3. The smallest absolute Gasteiger partial charge is 0.336 e. The number of nitro benzene ring substituents is 1. The van der Waals surface area contributed by atoms with Crippen LogP contribution in [0.2, 0.25) is 0 Å². The highest BCUT2D eigenvalue weighted by molar-refractivity contribution is 6.04. The van der Waals surface area contributed by atoms with Gasteiger partial charge in [0, 0.05) is 34.8 Å². The van der Waals surface area contributed by atoms with Crippen molar-refractivity contribution in [1.82, 2.24) is 0 Å². The number of hydrogen-bond donors (Lipinski definition) is 1. The Kier molecular flexibility index (Phi) is 4.85. The molecule has 0 saturated carbocycles. The van der Waals surface area contributed by atoms with E-state index in [0.29, 0.717) is 16.8 Å². The minimum atomic E-state index is -0.496. The van der Waals surface area contributed by atoms with E-state index in [9.17, 15) is 19.7 Å². The topological polar surface area (TPSA) is 102 Å². The maximum absolute atomic E-state index is 12.4. The van der Waals surface area contributed by atoms with E-state index >= 15 is 0 Å². The summed E-state index contributed by atoms with van der Waals surface area (Å²) < 4.78 is 5.29. The predicted octanol–water partition coefficient (Wildman–Crippen LogP) is 4.93. The minimum Gasteiger partial charge on any atom is -0.423 e. The van der Waals surface area contributed by atoms with E-state index in [4.69, 9.17) is 4.42 Å². The van der Waals surface area contributed by atoms with E-state index < -0.39 is 10.5 Å². The Morgan fingerprint density at radius 1 is 0.933 bits per heavy atom. The molecule has 148 valence electrons. The maximum Gasteiger partial charge on any atom is 0.336 e. The summed E-state index contributed by atoms with van der Waals surface area (Å²) >= 11 is 0. The van der Waals surface area contributed by atoms with Crippen LogP contribution >= 0.6 is 0 Å². The molecule has 4 rings (SSSR count). The van der Waals surface area contributed by atoms with Gasteiger partial charge in [0.25, 0.3) is 11.6 Å². The normalized spacial score (nSPS) is 10.7. The number of fused-ring (bicyclic) bond motifs is 1. The van der Waals surface area contributed by atoms with Crippen molar-refractivity contribution in [2.45, 2.75) is 6.92 Å². The molecule has 1 amide bonds. The van der Waals surface area contributed by atoms with E-state index in [-0.39, 0.29) is 11.6 Å². The zero-order valence-corrected chi connectivity index (χ0v) is 15.9. The highest BCUT2D eigenvalue weighted by atomic mass is 16.6. The van der Waals surface area contributed by atoms with Crippen molar-refractivity contribution >= 4 is 28.3 Å². The number of carbonyl (C=O) groups excluding carboxylic acids is 1. The summed E-state index contributed by atoms with van der Waals surface area (Å²) in [6.07, 6.45) is 0. The molecule has 0 aliphatic heterocycles. The van der Waals surface area contributed by atoms with Gasteiger partial charge < -0.3 is 9.73 Å². The van der Waals surface area contributed by atoms with Crippen LogP contribution in [0.3, 0.4) is 0 Å². The molecule has 0 aliphatic rings. The monoisotopic (exact) mass is 400 g/mol. The molecule has 0 aliphatic carbocycles. The lowest BCUT2D eigenvalue weighted by Gasteiger charge is -2.08. The predicted molar refractivity (Wildman–Crippen MR) is 114 cm³/mol. The van der Waals surface area contributed by atoms with Crippen LogP contribution in [0.15, 0.2) is 82.0 Å². The second-order valence-electron chi connectivity index (χ2n) is 6.79. The van der Waals surface area contributed by atoms with E-state index in [1.54, 1.807) is 30.3 Å². The fourth-order valence-corrected chi connectivity index (χ4v) is 3.19. The molecular weight excluding hydrogens is 384 g/mol. The molecule has 0 bridgehead atoms. The van der Waals surface area contributed by atoms with E-state index in [1.807, 2.05) is 19.1 Å². The average Bonchev–Trinajstić information content (AvgIpc) is 2.73. The minimum absolute atomic E-state index is 0.0428. The van der Waals surface area contributed by atoms with E-state index in [1.165, 1.54) is 30.3 Å². The van der Waals surface area contributed by atoms with Crippen molar-refractivity contribution in [3.8, 4) is 11.1 Å². The zero-order valence-electron chi connectivity index (χ0n) is 15.9. The summed E-state index contributed by atoms with van der Waals surface area (Å²) in [4.78, 5) is 34.3. The molecule has 4 aromatic rings. The van der Waals surface area contributed by atoms with Gasteiger partial charge in [0.2, 0.25) is 0 Å². The fraction of sp³-hybridized carbons (Fsp3) is 0.0435. The molecule has 0 atom stereocenters.